The van der Waals surface area contributed by atoms with E-state index in [9.17, 15) is 10.1 Å². The SMILES string of the molecule is CCNC(=NCCNc1ccc([N+](=O)[O-])cc1)N1CCN(Cc2ccon2)CC1. The molecule has 156 valence electrons. The minimum atomic E-state index is -0.401. The quantitative estimate of drug-likeness (QED) is 0.226. The first-order valence-corrected chi connectivity index (χ1v) is 9.79. The van der Waals surface area contributed by atoms with Gasteiger partial charge in [-0.15, -0.1) is 0 Å². The van der Waals surface area contributed by atoms with Crippen molar-refractivity contribution in [1.82, 2.24) is 20.3 Å². The number of hydrogen-bond donors (Lipinski definition) is 2. The van der Waals surface area contributed by atoms with Crippen LogP contribution < -0.4 is 10.6 Å². The Morgan fingerprint density at radius 2 is 2.00 bits per heavy atom. The number of anilines is 1. The highest BCUT2D eigenvalue weighted by Crippen LogP contribution is 2.15. The fraction of sp³-hybridized carbons (Fsp3) is 0.474. The summed E-state index contributed by atoms with van der Waals surface area (Å²) >= 11 is 0. The molecular formula is C19H27N7O3. The molecule has 3 rings (SSSR count). The Balaban J connectivity index is 1.45. The molecule has 0 bridgehead atoms. The zero-order valence-corrected chi connectivity index (χ0v) is 16.6. The van der Waals surface area contributed by atoms with E-state index in [-0.39, 0.29) is 5.69 Å². The molecule has 0 unspecified atom stereocenters. The molecule has 10 heteroatoms. The molecule has 1 saturated heterocycles. The molecule has 1 aromatic heterocycles. The molecule has 1 aliphatic rings. The van der Waals surface area contributed by atoms with Crippen molar-refractivity contribution in [3.05, 3.63) is 52.4 Å². The third-order valence-electron chi connectivity index (χ3n) is 4.66. The van der Waals surface area contributed by atoms with Crippen molar-refractivity contribution in [3.8, 4) is 0 Å². The van der Waals surface area contributed by atoms with E-state index in [1.54, 1.807) is 18.4 Å². The average Bonchev–Trinajstić information content (AvgIpc) is 3.24. The number of nitro groups is 1. The second-order valence-corrected chi connectivity index (χ2v) is 6.72. The smallest absolute Gasteiger partial charge is 0.269 e. The first kappa shape index (κ1) is 20.6. The molecule has 0 amide bonds. The topological polar surface area (TPSA) is 112 Å². The standard InChI is InChI=1S/C19H27N7O3/c1-2-20-19(22-9-8-21-16-3-5-18(6-4-16)26(27)28)25-12-10-24(11-13-25)15-17-7-14-29-23-17/h3-7,14,21H,2,8-13,15H2,1H3,(H,20,22). The Hall–Kier alpha value is -3.14. The van der Waals surface area contributed by atoms with Gasteiger partial charge in [0.2, 0.25) is 0 Å². The summed E-state index contributed by atoms with van der Waals surface area (Å²) in [4.78, 5) is 19.6. The molecule has 0 radical (unpaired) electrons. The molecule has 2 aromatic rings. The predicted octanol–water partition coefficient (Wildman–Crippen LogP) is 1.78. The van der Waals surface area contributed by atoms with Crippen LogP contribution in [-0.4, -0.2) is 71.7 Å². The van der Waals surface area contributed by atoms with Crippen LogP contribution in [0.5, 0.6) is 0 Å². The zero-order chi connectivity index (χ0) is 20.5. The molecule has 10 nitrogen and oxygen atoms in total. The Morgan fingerprint density at radius 3 is 2.62 bits per heavy atom. The van der Waals surface area contributed by atoms with E-state index >= 15 is 0 Å². The molecule has 0 spiro atoms. The Kier molecular flexibility index (Phi) is 7.40. The zero-order valence-electron chi connectivity index (χ0n) is 16.6. The van der Waals surface area contributed by atoms with Crippen molar-refractivity contribution >= 4 is 17.3 Å². The van der Waals surface area contributed by atoms with Crippen LogP contribution in [0.3, 0.4) is 0 Å². The number of aromatic nitrogens is 1. The first-order chi connectivity index (χ1) is 14.2. The lowest BCUT2D eigenvalue weighted by Gasteiger charge is -2.36. The van der Waals surface area contributed by atoms with Gasteiger partial charge in [-0.3, -0.25) is 20.0 Å². The van der Waals surface area contributed by atoms with Crippen LogP contribution >= 0.6 is 0 Å². The lowest BCUT2D eigenvalue weighted by Crippen LogP contribution is -2.52. The minimum absolute atomic E-state index is 0.0886. The lowest BCUT2D eigenvalue weighted by molar-refractivity contribution is -0.384. The van der Waals surface area contributed by atoms with Crippen LogP contribution in [0.2, 0.25) is 0 Å². The number of nitrogens with one attached hydrogen (secondary N) is 2. The molecule has 29 heavy (non-hydrogen) atoms. The number of aliphatic imine (C=N–C) groups is 1. The van der Waals surface area contributed by atoms with E-state index < -0.39 is 4.92 Å². The van der Waals surface area contributed by atoms with Crippen LogP contribution in [0.1, 0.15) is 12.6 Å². The third-order valence-corrected chi connectivity index (χ3v) is 4.66. The summed E-state index contributed by atoms with van der Waals surface area (Å²) in [6, 6.07) is 8.31. The average molecular weight is 401 g/mol. The maximum atomic E-state index is 10.7. The largest absolute Gasteiger partial charge is 0.383 e. The number of guanidine groups is 1. The summed E-state index contributed by atoms with van der Waals surface area (Å²) in [7, 11) is 0. The second-order valence-electron chi connectivity index (χ2n) is 6.72. The molecule has 0 atom stereocenters. The number of rotatable bonds is 8. The maximum absolute atomic E-state index is 10.7. The van der Waals surface area contributed by atoms with E-state index in [2.05, 4.69) is 32.5 Å². The highest BCUT2D eigenvalue weighted by Gasteiger charge is 2.20. The number of non-ortho nitro benzene ring substituents is 1. The number of benzene rings is 1. The molecule has 1 aromatic carbocycles. The molecule has 2 heterocycles. The number of piperazine rings is 1. The summed E-state index contributed by atoms with van der Waals surface area (Å²) in [6.45, 7) is 8.63. The Labute approximate surface area is 169 Å². The van der Waals surface area contributed by atoms with E-state index in [4.69, 9.17) is 9.52 Å². The molecule has 0 aliphatic carbocycles. The van der Waals surface area contributed by atoms with Crippen LogP contribution in [0.15, 0.2) is 46.1 Å². The van der Waals surface area contributed by atoms with Gasteiger partial charge in [0.25, 0.3) is 5.69 Å². The van der Waals surface area contributed by atoms with E-state index in [0.717, 1.165) is 56.6 Å². The second kappa shape index (κ2) is 10.4. The van der Waals surface area contributed by atoms with E-state index in [0.29, 0.717) is 13.1 Å². The van der Waals surface area contributed by atoms with Gasteiger partial charge >= 0.3 is 0 Å². The van der Waals surface area contributed by atoms with Crippen molar-refractivity contribution < 1.29 is 9.45 Å². The highest BCUT2D eigenvalue weighted by molar-refractivity contribution is 5.80. The fourth-order valence-electron chi connectivity index (χ4n) is 3.15. The maximum Gasteiger partial charge on any atom is 0.269 e. The molecular weight excluding hydrogens is 374 g/mol. The summed E-state index contributed by atoms with van der Waals surface area (Å²) in [6.07, 6.45) is 1.60. The predicted molar refractivity (Wildman–Crippen MR) is 111 cm³/mol. The molecule has 0 saturated carbocycles. The van der Waals surface area contributed by atoms with Crippen LogP contribution in [0.4, 0.5) is 11.4 Å². The van der Waals surface area contributed by atoms with Gasteiger partial charge in [0, 0.05) is 69.7 Å². The van der Waals surface area contributed by atoms with E-state index in [1.165, 1.54) is 12.1 Å². The number of nitro benzene ring substituents is 1. The van der Waals surface area contributed by atoms with Crippen molar-refractivity contribution in [2.24, 2.45) is 4.99 Å². The van der Waals surface area contributed by atoms with Gasteiger partial charge < -0.3 is 20.1 Å². The fourth-order valence-corrected chi connectivity index (χ4v) is 3.15. The van der Waals surface area contributed by atoms with Gasteiger partial charge in [-0.25, -0.2) is 0 Å². The van der Waals surface area contributed by atoms with Gasteiger partial charge in [0.1, 0.15) is 6.26 Å². The number of hydrogen-bond acceptors (Lipinski definition) is 7. The number of nitrogens with zero attached hydrogens (tertiary/aromatic N) is 5. The Bertz CT molecular complexity index is 785. The Morgan fingerprint density at radius 1 is 1.24 bits per heavy atom. The first-order valence-electron chi connectivity index (χ1n) is 9.79. The molecule has 1 aliphatic heterocycles. The summed E-state index contributed by atoms with van der Waals surface area (Å²) in [5.74, 6) is 0.916. The van der Waals surface area contributed by atoms with Crippen LogP contribution in [0, 0.1) is 10.1 Å². The van der Waals surface area contributed by atoms with Crippen molar-refractivity contribution in [1.29, 1.82) is 0 Å². The van der Waals surface area contributed by atoms with Gasteiger partial charge in [0.05, 0.1) is 17.2 Å². The highest BCUT2D eigenvalue weighted by atomic mass is 16.6. The van der Waals surface area contributed by atoms with Crippen molar-refractivity contribution in [2.45, 2.75) is 13.5 Å². The normalized spacial score (nSPS) is 15.3. The van der Waals surface area contributed by atoms with Gasteiger partial charge in [-0.05, 0) is 19.1 Å². The van der Waals surface area contributed by atoms with Gasteiger partial charge in [0.15, 0.2) is 5.96 Å². The summed E-state index contributed by atoms with van der Waals surface area (Å²) in [5, 5.41) is 21.3. The molecule has 1 fully saturated rings. The van der Waals surface area contributed by atoms with E-state index in [1.807, 2.05) is 6.07 Å². The summed E-state index contributed by atoms with van der Waals surface area (Å²) in [5.41, 5.74) is 1.89. The molecule has 2 N–H and O–H groups in total. The van der Waals surface area contributed by atoms with Crippen LogP contribution in [0.25, 0.3) is 0 Å². The lowest BCUT2D eigenvalue weighted by atomic mass is 10.3. The minimum Gasteiger partial charge on any atom is -0.383 e. The third kappa shape index (κ3) is 6.18. The van der Waals surface area contributed by atoms with Crippen LogP contribution in [-0.2, 0) is 6.54 Å². The monoisotopic (exact) mass is 401 g/mol. The van der Waals surface area contributed by atoms with Gasteiger partial charge in [-0.2, -0.15) is 0 Å². The van der Waals surface area contributed by atoms with Crippen molar-refractivity contribution in [3.63, 3.8) is 0 Å². The summed E-state index contributed by atoms with van der Waals surface area (Å²) < 4.78 is 4.90. The van der Waals surface area contributed by atoms with Crippen molar-refractivity contribution in [2.75, 3.05) is 51.1 Å². The van der Waals surface area contributed by atoms with Gasteiger partial charge in [-0.1, -0.05) is 5.16 Å².